The first kappa shape index (κ1) is 19.1. The van der Waals surface area contributed by atoms with Crippen molar-refractivity contribution in [3.63, 3.8) is 0 Å². The zero-order chi connectivity index (χ0) is 20.1. The molecule has 0 bridgehead atoms. The molecule has 0 unspecified atom stereocenters. The van der Waals surface area contributed by atoms with Crippen molar-refractivity contribution >= 4 is 43.1 Å². The SMILES string of the molecule is COc1ccc(Nc2nc(C)nc3sc4c(c23)CCC4)cc1S(=O)(=O)N(C)C. The number of hydrogen-bond donors (Lipinski definition) is 1. The van der Waals surface area contributed by atoms with Crippen LogP contribution >= 0.6 is 11.3 Å². The number of hydrogen-bond acceptors (Lipinski definition) is 7. The maximum atomic E-state index is 12.7. The molecule has 1 N–H and O–H groups in total. The fourth-order valence-corrected chi connectivity index (χ4v) is 5.86. The van der Waals surface area contributed by atoms with Crippen molar-refractivity contribution in [1.29, 1.82) is 0 Å². The van der Waals surface area contributed by atoms with Crippen LogP contribution < -0.4 is 10.1 Å². The molecule has 1 aromatic carbocycles. The van der Waals surface area contributed by atoms with Gasteiger partial charge in [0.2, 0.25) is 10.0 Å². The van der Waals surface area contributed by atoms with Gasteiger partial charge in [-0.15, -0.1) is 11.3 Å². The number of thiophene rings is 1. The normalized spacial score (nSPS) is 13.9. The van der Waals surface area contributed by atoms with Gasteiger partial charge >= 0.3 is 0 Å². The Balaban J connectivity index is 1.82. The van der Waals surface area contributed by atoms with Gasteiger partial charge in [-0.25, -0.2) is 22.7 Å². The summed E-state index contributed by atoms with van der Waals surface area (Å²) in [6.07, 6.45) is 3.26. The van der Waals surface area contributed by atoms with E-state index in [9.17, 15) is 8.42 Å². The molecule has 9 heteroatoms. The van der Waals surface area contributed by atoms with Crippen LogP contribution in [-0.4, -0.2) is 43.9 Å². The molecule has 7 nitrogen and oxygen atoms in total. The molecule has 0 saturated carbocycles. The second kappa shape index (κ2) is 6.98. The number of anilines is 2. The summed E-state index contributed by atoms with van der Waals surface area (Å²) in [5.41, 5.74) is 1.95. The summed E-state index contributed by atoms with van der Waals surface area (Å²) in [5, 5.41) is 4.38. The van der Waals surface area contributed by atoms with Crippen molar-refractivity contribution in [2.75, 3.05) is 26.5 Å². The van der Waals surface area contributed by atoms with Crippen LogP contribution in [-0.2, 0) is 22.9 Å². The minimum Gasteiger partial charge on any atom is -0.495 e. The monoisotopic (exact) mass is 418 g/mol. The molecule has 0 fully saturated rings. The predicted octanol–water partition coefficient (Wildman–Crippen LogP) is 3.49. The number of fused-ring (bicyclic) bond motifs is 3. The fraction of sp³-hybridized carbons (Fsp3) is 0.368. The molecular formula is C19H22N4O3S2. The third-order valence-electron chi connectivity index (χ3n) is 4.86. The summed E-state index contributed by atoms with van der Waals surface area (Å²) in [6, 6.07) is 5.04. The number of rotatable bonds is 5. The van der Waals surface area contributed by atoms with Crippen LogP contribution in [0.3, 0.4) is 0 Å². The number of ether oxygens (including phenoxy) is 1. The molecule has 28 heavy (non-hydrogen) atoms. The number of sulfonamides is 1. The van der Waals surface area contributed by atoms with Crippen LogP contribution in [0, 0.1) is 6.92 Å². The molecule has 0 radical (unpaired) electrons. The zero-order valence-corrected chi connectivity index (χ0v) is 17.9. The minimum absolute atomic E-state index is 0.113. The zero-order valence-electron chi connectivity index (χ0n) is 16.2. The van der Waals surface area contributed by atoms with Gasteiger partial charge in [-0.05, 0) is 49.9 Å². The second-order valence-electron chi connectivity index (χ2n) is 6.93. The Labute approximate surface area is 168 Å². The minimum atomic E-state index is -3.65. The molecule has 0 spiro atoms. The average molecular weight is 419 g/mol. The highest BCUT2D eigenvalue weighted by molar-refractivity contribution is 7.89. The van der Waals surface area contributed by atoms with Gasteiger partial charge in [-0.1, -0.05) is 0 Å². The maximum absolute atomic E-state index is 12.7. The first-order valence-corrected chi connectivity index (χ1v) is 11.2. The van der Waals surface area contributed by atoms with Gasteiger partial charge in [0, 0.05) is 24.7 Å². The Bertz CT molecular complexity index is 1170. The first-order valence-electron chi connectivity index (χ1n) is 8.97. The van der Waals surface area contributed by atoms with Crippen molar-refractivity contribution in [1.82, 2.24) is 14.3 Å². The van der Waals surface area contributed by atoms with Crippen molar-refractivity contribution in [2.24, 2.45) is 0 Å². The number of aromatic nitrogens is 2. The van der Waals surface area contributed by atoms with Crippen LogP contribution in [0.25, 0.3) is 10.2 Å². The van der Waals surface area contributed by atoms with E-state index in [0.717, 1.165) is 35.3 Å². The van der Waals surface area contributed by atoms with E-state index in [1.165, 1.54) is 36.0 Å². The van der Waals surface area contributed by atoms with Crippen molar-refractivity contribution < 1.29 is 13.2 Å². The van der Waals surface area contributed by atoms with Gasteiger partial charge in [-0.3, -0.25) is 0 Å². The Hall–Kier alpha value is -2.23. The smallest absolute Gasteiger partial charge is 0.246 e. The maximum Gasteiger partial charge on any atom is 0.246 e. The highest BCUT2D eigenvalue weighted by Crippen LogP contribution is 2.40. The van der Waals surface area contributed by atoms with Gasteiger partial charge in [0.1, 0.15) is 27.1 Å². The summed E-state index contributed by atoms with van der Waals surface area (Å²) in [5.74, 6) is 1.71. The number of nitrogens with one attached hydrogen (secondary N) is 1. The molecule has 4 rings (SSSR count). The van der Waals surface area contributed by atoms with E-state index in [2.05, 4.69) is 15.3 Å². The lowest BCUT2D eigenvalue weighted by Crippen LogP contribution is -2.22. The van der Waals surface area contributed by atoms with E-state index >= 15 is 0 Å². The second-order valence-corrected chi connectivity index (χ2v) is 10.1. The van der Waals surface area contributed by atoms with E-state index in [1.54, 1.807) is 29.5 Å². The largest absolute Gasteiger partial charge is 0.495 e. The molecular weight excluding hydrogens is 396 g/mol. The third kappa shape index (κ3) is 3.13. The molecule has 148 valence electrons. The number of methoxy groups -OCH3 is 1. The Morgan fingerprint density at radius 3 is 2.71 bits per heavy atom. The highest BCUT2D eigenvalue weighted by Gasteiger charge is 2.24. The number of nitrogens with zero attached hydrogens (tertiary/aromatic N) is 3. The van der Waals surface area contributed by atoms with Crippen molar-refractivity contribution in [3.8, 4) is 5.75 Å². The molecule has 0 aliphatic heterocycles. The van der Waals surface area contributed by atoms with Crippen LogP contribution in [0.2, 0.25) is 0 Å². The summed E-state index contributed by atoms with van der Waals surface area (Å²) < 4.78 is 31.8. The van der Waals surface area contributed by atoms with E-state index in [1.807, 2.05) is 6.92 Å². The van der Waals surface area contributed by atoms with Gasteiger partial charge in [0.25, 0.3) is 0 Å². The van der Waals surface area contributed by atoms with Crippen molar-refractivity contribution in [3.05, 3.63) is 34.5 Å². The first-order chi connectivity index (χ1) is 13.3. The molecule has 2 heterocycles. The van der Waals surface area contributed by atoms with Gasteiger partial charge < -0.3 is 10.1 Å². The van der Waals surface area contributed by atoms with E-state index in [-0.39, 0.29) is 4.90 Å². The lowest BCUT2D eigenvalue weighted by atomic mass is 10.2. The number of benzene rings is 1. The molecule has 0 atom stereocenters. The Morgan fingerprint density at radius 1 is 1.21 bits per heavy atom. The fourth-order valence-electron chi connectivity index (χ4n) is 3.48. The van der Waals surface area contributed by atoms with Crippen LogP contribution in [0.15, 0.2) is 23.1 Å². The quantitative estimate of drug-likeness (QED) is 0.683. The topological polar surface area (TPSA) is 84.4 Å². The summed E-state index contributed by atoms with van der Waals surface area (Å²) in [6.45, 7) is 1.87. The molecule has 3 aromatic rings. The predicted molar refractivity (Wildman–Crippen MR) is 111 cm³/mol. The van der Waals surface area contributed by atoms with E-state index in [0.29, 0.717) is 17.3 Å². The molecule has 0 amide bonds. The lowest BCUT2D eigenvalue weighted by Gasteiger charge is -2.16. The molecule has 1 aliphatic rings. The van der Waals surface area contributed by atoms with E-state index in [4.69, 9.17) is 4.74 Å². The van der Waals surface area contributed by atoms with Gasteiger partial charge in [0.15, 0.2) is 0 Å². The van der Waals surface area contributed by atoms with E-state index < -0.39 is 10.0 Å². The standard InChI is InChI=1S/C19H22N4O3S2/c1-11-20-18(17-13-6-5-7-15(13)27-19(17)21-11)22-12-8-9-14(26-4)16(10-12)28(24,25)23(2)3/h8-10H,5-7H2,1-4H3,(H,20,21,22). The summed E-state index contributed by atoms with van der Waals surface area (Å²) in [7, 11) is 0.817. The summed E-state index contributed by atoms with van der Waals surface area (Å²) in [4.78, 5) is 11.7. The Kier molecular flexibility index (Phi) is 4.76. The van der Waals surface area contributed by atoms with Gasteiger partial charge in [-0.2, -0.15) is 0 Å². The van der Waals surface area contributed by atoms with Gasteiger partial charge in [0.05, 0.1) is 12.5 Å². The lowest BCUT2D eigenvalue weighted by molar-refractivity contribution is 0.400. The highest BCUT2D eigenvalue weighted by atomic mass is 32.2. The molecule has 1 aliphatic carbocycles. The Morgan fingerprint density at radius 2 is 2.00 bits per heavy atom. The van der Waals surface area contributed by atoms with Crippen molar-refractivity contribution in [2.45, 2.75) is 31.1 Å². The van der Waals surface area contributed by atoms with Crippen LogP contribution in [0.5, 0.6) is 5.75 Å². The summed E-state index contributed by atoms with van der Waals surface area (Å²) >= 11 is 1.73. The number of aryl methyl sites for hydroxylation is 3. The van der Waals surface area contributed by atoms with Crippen LogP contribution in [0.1, 0.15) is 22.7 Å². The molecule has 2 aromatic heterocycles. The molecule has 0 saturated heterocycles. The third-order valence-corrected chi connectivity index (χ3v) is 7.88. The van der Waals surface area contributed by atoms with Crippen LogP contribution in [0.4, 0.5) is 11.5 Å². The average Bonchev–Trinajstić information content (AvgIpc) is 3.21.